The van der Waals surface area contributed by atoms with Crippen LogP contribution in [0.25, 0.3) is 17.2 Å². The van der Waals surface area contributed by atoms with Crippen molar-refractivity contribution < 1.29 is 0 Å². The molecule has 4 aliphatic carbocycles. The largest absolute Gasteiger partial charge is 0.378 e. The molecule has 256 valence electrons. The average Bonchev–Trinajstić information content (AvgIpc) is 3.61. The van der Waals surface area contributed by atoms with E-state index in [0.717, 1.165) is 54.5 Å². The number of anilines is 1. The highest BCUT2D eigenvalue weighted by molar-refractivity contribution is 6.14. The Bertz CT molecular complexity index is 2070. The maximum absolute atomic E-state index is 9.40. The summed E-state index contributed by atoms with van der Waals surface area (Å²) in [5.41, 5.74) is 13.7. The molecule has 0 saturated carbocycles. The maximum Gasteiger partial charge on any atom is 0.0665 e. The summed E-state index contributed by atoms with van der Waals surface area (Å²) in [7, 11) is 0. The van der Waals surface area contributed by atoms with Crippen LogP contribution in [0.5, 0.6) is 0 Å². The molecule has 0 aromatic heterocycles. The molecule has 0 amide bonds. The van der Waals surface area contributed by atoms with Gasteiger partial charge in [0.15, 0.2) is 0 Å². The van der Waals surface area contributed by atoms with Crippen molar-refractivity contribution in [3.05, 3.63) is 191 Å². The van der Waals surface area contributed by atoms with Gasteiger partial charge in [-0.2, -0.15) is 0 Å². The van der Waals surface area contributed by atoms with E-state index in [-0.39, 0.29) is 17.5 Å². The predicted molar refractivity (Wildman–Crippen MR) is 218 cm³/mol. The molecule has 4 aliphatic rings. The van der Waals surface area contributed by atoms with Gasteiger partial charge in [-0.25, -0.2) is 0 Å². The fourth-order valence-corrected chi connectivity index (χ4v) is 8.04. The molecule has 0 bridgehead atoms. The highest BCUT2D eigenvalue weighted by Gasteiger charge is 2.36. The molecule has 2 N–H and O–H groups in total. The lowest BCUT2D eigenvalue weighted by molar-refractivity contribution is 0.614. The van der Waals surface area contributed by atoms with E-state index in [1.54, 1.807) is 0 Å². The monoisotopic (exact) mass is 667 g/mol. The lowest BCUT2D eigenvalue weighted by atomic mass is 9.82. The molecule has 51 heavy (non-hydrogen) atoms. The first-order valence-electron chi connectivity index (χ1n) is 18.4. The topological polar surface area (TPSA) is 39.1 Å². The first kappa shape index (κ1) is 34.1. The summed E-state index contributed by atoms with van der Waals surface area (Å²) in [6.45, 7) is 11.0. The van der Waals surface area contributed by atoms with Crippen molar-refractivity contribution >= 4 is 17.5 Å². The third kappa shape index (κ3) is 6.99. The maximum atomic E-state index is 9.40. The molecule has 0 fully saturated rings. The Labute approximate surface area is 304 Å². The molecule has 3 aromatic carbocycles. The Hall–Kier alpha value is -5.41. The highest BCUT2D eigenvalue weighted by Crippen LogP contribution is 2.50. The number of hydrogen-bond donors (Lipinski definition) is 2. The van der Waals surface area contributed by atoms with E-state index in [4.69, 9.17) is 0 Å². The summed E-state index contributed by atoms with van der Waals surface area (Å²) in [6.07, 6.45) is 30.8. The second-order valence-electron chi connectivity index (χ2n) is 14.4. The lowest BCUT2D eigenvalue weighted by Crippen LogP contribution is -2.38. The van der Waals surface area contributed by atoms with Crippen LogP contribution in [0, 0.1) is 5.41 Å². The first-order valence-corrected chi connectivity index (χ1v) is 18.4. The van der Waals surface area contributed by atoms with Gasteiger partial charge >= 0.3 is 0 Å². The van der Waals surface area contributed by atoms with E-state index in [1.165, 1.54) is 39.2 Å². The van der Waals surface area contributed by atoms with Crippen molar-refractivity contribution in [1.29, 1.82) is 5.41 Å². The Morgan fingerprint density at radius 2 is 1.75 bits per heavy atom. The number of benzene rings is 3. The van der Waals surface area contributed by atoms with Gasteiger partial charge in [0.2, 0.25) is 0 Å². The van der Waals surface area contributed by atoms with Crippen LogP contribution < -0.4 is 10.2 Å². The molecule has 0 radical (unpaired) electrons. The zero-order valence-electron chi connectivity index (χ0n) is 30.2. The third-order valence-corrected chi connectivity index (χ3v) is 10.9. The van der Waals surface area contributed by atoms with Crippen LogP contribution in [0.2, 0.25) is 0 Å². The summed E-state index contributed by atoms with van der Waals surface area (Å²) in [5.74, 6) is 0. The second-order valence-corrected chi connectivity index (χ2v) is 14.4. The second kappa shape index (κ2) is 14.8. The molecule has 0 aliphatic heterocycles. The molecule has 0 heterocycles. The third-order valence-electron chi connectivity index (χ3n) is 10.9. The molecule has 0 spiro atoms. The van der Waals surface area contributed by atoms with Gasteiger partial charge in [-0.15, -0.1) is 0 Å². The van der Waals surface area contributed by atoms with E-state index in [1.807, 2.05) is 24.3 Å². The van der Waals surface area contributed by atoms with Crippen molar-refractivity contribution in [3.63, 3.8) is 0 Å². The van der Waals surface area contributed by atoms with E-state index in [9.17, 15) is 5.41 Å². The van der Waals surface area contributed by atoms with Gasteiger partial charge < -0.3 is 10.2 Å². The van der Waals surface area contributed by atoms with Gasteiger partial charge in [0, 0.05) is 34.5 Å². The van der Waals surface area contributed by atoms with E-state index >= 15 is 0 Å². The van der Waals surface area contributed by atoms with Crippen LogP contribution >= 0.6 is 0 Å². The number of allylic oxidation sites excluding steroid dienone is 12. The minimum Gasteiger partial charge on any atom is -0.378 e. The highest BCUT2D eigenvalue weighted by atomic mass is 15.2. The first-order chi connectivity index (χ1) is 24.9. The van der Waals surface area contributed by atoms with Gasteiger partial charge in [0.05, 0.1) is 17.8 Å². The van der Waals surface area contributed by atoms with Gasteiger partial charge in [-0.3, -0.25) is 5.41 Å². The Balaban J connectivity index is 1.22. The lowest BCUT2D eigenvalue weighted by Gasteiger charge is -2.37. The smallest absolute Gasteiger partial charge is 0.0665 e. The standard InChI is InChI=1S/C48H49N3/c1-5-34-25-27-36(31-34)47(49)42(29-26-35-17-10-9-11-18-35)46(6-2)50-37-19-16-22-39(32-37)51(38-20-12-7-8-13-21-38)40-28-30-45-43(33-40)41-23-14-15-24-44(41)48(45,3)4/h5-12,14-20,22-24,26-30,33,37-38,49-50H,2,13,21,25,31-32H2,1,3-4H3/b29-26+,34-5+,46-42-,49-47?. The molecule has 3 aromatic rings. The number of nitrogens with zero attached hydrogens (tertiary/aromatic N) is 1. The van der Waals surface area contributed by atoms with Crippen LogP contribution in [-0.2, 0) is 5.41 Å². The van der Waals surface area contributed by atoms with Crippen molar-refractivity contribution in [1.82, 2.24) is 5.32 Å². The van der Waals surface area contributed by atoms with Gasteiger partial charge in [0.25, 0.3) is 0 Å². The molecule has 7 rings (SSSR count). The fourth-order valence-electron chi connectivity index (χ4n) is 8.04. The van der Waals surface area contributed by atoms with Crippen LogP contribution in [0.1, 0.15) is 69.6 Å². The number of hydrogen-bond acceptors (Lipinski definition) is 3. The number of nitrogens with one attached hydrogen (secondary N) is 2. The van der Waals surface area contributed by atoms with E-state index in [0.29, 0.717) is 5.71 Å². The van der Waals surface area contributed by atoms with Crippen LogP contribution in [0.15, 0.2) is 174 Å². The van der Waals surface area contributed by atoms with Crippen molar-refractivity contribution in [2.45, 2.75) is 70.4 Å². The van der Waals surface area contributed by atoms with Crippen LogP contribution in [-0.4, -0.2) is 17.8 Å². The average molecular weight is 668 g/mol. The van der Waals surface area contributed by atoms with Crippen molar-refractivity contribution in [3.8, 4) is 11.1 Å². The van der Waals surface area contributed by atoms with Gasteiger partial charge in [0.1, 0.15) is 0 Å². The Morgan fingerprint density at radius 3 is 2.55 bits per heavy atom. The summed E-state index contributed by atoms with van der Waals surface area (Å²) >= 11 is 0. The predicted octanol–water partition coefficient (Wildman–Crippen LogP) is 11.7. The molecular formula is C48H49N3. The number of fused-ring (bicyclic) bond motifs is 3. The quantitative estimate of drug-likeness (QED) is 0.128. The van der Waals surface area contributed by atoms with E-state index < -0.39 is 0 Å². The molecule has 2 unspecified atom stereocenters. The van der Waals surface area contributed by atoms with Crippen molar-refractivity contribution in [2.75, 3.05) is 4.90 Å². The molecular weight excluding hydrogens is 619 g/mol. The Kier molecular flexibility index (Phi) is 9.90. The van der Waals surface area contributed by atoms with E-state index in [2.05, 4.69) is 159 Å². The van der Waals surface area contributed by atoms with Gasteiger partial charge in [-0.1, -0.05) is 147 Å². The SMILES string of the molecule is C=C/C(NC1C=CC=C(N(c2ccc3c(c2)-c2ccccc2C3(C)C)C2C=CC=CCC2)C1)=C(\C=C\c1ccccc1)C(=N)C1=CC/C(=C\C)C1. The zero-order chi connectivity index (χ0) is 35.4. The molecule has 3 nitrogen and oxygen atoms in total. The summed E-state index contributed by atoms with van der Waals surface area (Å²) in [6, 6.07) is 26.6. The zero-order valence-corrected chi connectivity index (χ0v) is 30.2. The fraction of sp³-hybridized carbons (Fsp3) is 0.229. The summed E-state index contributed by atoms with van der Waals surface area (Å²) in [4.78, 5) is 2.56. The summed E-state index contributed by atoms with van der Waals surface area (Å²) < 4.78 is 0. The molecule has 3 heteroatoms. The van der Waals surface area contributed by atoms with Crippen molar-refractivity contribution in [2.24, 2.45) is 0 Å². The number of rotatable bonds is 10. The molecule has 2 atom stereocenters. The molecule has 0 saturated heterocycles. The van der Waals surface area contributed by atoms with Crippen LogP contribution in [0.4, 0.5) is 5.69 Å². The minimum absolute atomic E-state index is 0.0269. The Morgan fingerprint density at radius 1 is 0.941 bits per heavy atom. The normalized spacial score (nSPS) is 21.4. The van der Waals surface area contributed by atoms with Crippen LogP contribution in [0.3, 0.4) is 0 Å². The minimum atomic E-state index is -0.0277. The summed E-state index contributed by atoms with van der Waals surface area (Å²) in [5, 5.41) is 13.2. The van der Waals surface area contributed by atoms with Gasteiger partial charge in [-0.05, 0) is 90.3 Å².